The van der Waals surface area contributed by atoms with Crippen LogP contribution >= 0.6 is 0 Å². The summed E-state index contributed by atoms with van der Waals surface area (Å²) in [5, 5.41) is 23.1. The summed E-state index contributed by atoms with van der Waals surface area (Å²) in [5.41, 5.74) is 0. The van der Waals surface area contributed by atoms with Crippen molar-refractivity contribution < 1.29 is 15.0 Å². The molecule has 0 rings (SSSR count). The third-order valence-electron chi connectivity index (χ3n) is 11.9. The lowest BCUT2D eigenvalue weighted by atomic mass is 10.0. The van der Waals surface area contributed by atoms with E-state index < -0.39 is 12.1 Å². The Kier molecular flexibility index (Phi) is 50.3. The summed E-state index contributed by atoms with van der Waals surface area (Å²) in [5.74, 6) is -0.0804. The molecule has 2 unspecified atom stereocenters. The fourth-order valence-electron chi connectivity index (χ4n) is 7.81. The van der Waals surface area contributed by atoms with Crippen molar-refractivity contribution in [2.24, 2.45) is 0 Å². The van der Waals surface area contributed by atoms with Crippen molar-refractivity contribution in [1.29, 1.82) is 0 Å². The smallest absolute Gasteiger partial charge is 0.220 e. The van der Waals surface area contributed by atoms with E-state index in [-0.39, 0.29) is 12.5 Å². The van der Waals surface area contributed by atoms with Crippen LogP contribution in [0.4, 0.5) is 0 Å². The van der Waals surface area contributed by atoms with Gasteiger partial charge < -0.3 is 15.5 Å². The summed E-state index contributed by atoms with van der Waals surface area (Å²) in [7, 11) is 0. The molecule has 0 radical (unpaired) electrons. The molecule has 1 amide bonds. The SMILES string of the molecule is CCCCCCC/C=C\C/C=C\C/C=C\CCCCCCCCCCCCCCC(=O)NC(CO)C(O)/C=C/CC/C=C/CC/C=C/CCCCCCCCCCCCCC. The van der Waals surface area contributed by atoms with Crippen LogP contribution in [0.15, 0.2) is 72.9 Å². The molecule has 3 N–H and O–H groups in total. The molecule has 4 heteroatoms. The standard InChI is InChI=1S/C57H103NO3/c1-3-5-7-9-11-13-15-17-19-21-23-25-27-28-29-30-31-33-35-37-39-41-43-45-47-49-51-53-57(61)58-55(54-59)56(60)52-50-48-46-44-42-40-38-36-34-32-26-24-22-20-18-16-14-12-10-8-6-4-2/h15,17,21,23,27-28,34,36,42,44,50,52,55-56,59-60H,3-14,16,18-20,22,24-26,29-33,35,37-41,43,45-49,51,53-54H2,1-2H3,(H,58,61)/b17-15-,23-21-,28-27-,36-34+,44-42+,52-50+. The summed E-state index contributed by atoms with van der Waals surface area (Å²) >= 11 is 0. The zero-order valence-corrected chi connectivity index (χ0v) is 40.7. The Morgan fingerprint density at radius 2 is 0.689 bits per heavy atom. The first-order valence-corrected chi connectivity index (χ1v) is 26.7. The van der Waals surface area contributed by atoms with E-state index in [2.05, 4.69) is 79.9 Å². The summed E-state index contributed by atoms with van der Waals surface area (Å²) in [4.78, 5) is 12.5. The molecule has 0 aromatic heterocycles. The molecule has 0 aromatic carbocycles. The van der Waals surface area contributed by atoms with E-state index in [4.69, 9.17) is 0 Å². The van der Waals surface area contributed by atoms with Crippen LogP contribution in [0, 0.1) is 0 Å². The lowest BCUT2D eigenvalue weighted by Crippen LogP contribution is -2.45. The van der Waals surface area contributed by atoms with Crippen LogP contribution in [0.2, 0.25) is 0 Å². The Hall–Kier alpha value is -2.17. The number of aliphatic hydroxyl groups excluding tert-OH is 2. The molecule has 2 atom stereocenters. The Balaban J connectivity index is 3.60. The number of carbonyl (C=O) groups excluding carboxylic acids is 1. The normalized spacial score (nSPS) is 13.4. The van der Waals surface area contributed by atoms with Crippen molar-refractivity contribution in [3.63, 3.8) is 0 Å². The first-order valence-electron chi connectivity index (χ1n) is 26.7. The van der Waals surface area contributed by atoms with Gasteiger partial charge in [-0.2, -0.15) is 0 Å². The van der Waals surface area contributed by atoms with E-state index in [0.717, 1.165) is 51.4 Å². The molecular formula is C57H103NO3. The highest BCUT2D eigenvalue weighted by Gasteiger charge is 2.17. The maximum Gasteiger partial charge on any atom is 0.220 e. The second-order valence-electron chi connectivity index (χ2n) is 17.9. The van der Waals surface area contributed by atoms with E-state index in [1.54, 1.807) is 6.08 Å². The van der Waals surface area contributed by atoms with Gasteiger partial charge in [0.15, 0.2) is 0 Å². The Morgan fingerprint density at radius 3 is 1.07 bits per heavy atom. The van der Waals surface area contributed by atoms with Crippen LogP contribution in [0.1, 0.15) is 264 Å². The van der Waals surface area contributed by atoms with E-state index in [9.17, 15) is 15.0 Å². The monoisotopic (exact) mass is 850 g/mol. The number of rotatable bonds is 48. The summed E-state index contributed by atoms with van der Waals surface area (Å²) in [6.45, 7) is 4.29. The van der Waals surface area contributed by atoms with Gasteiger partial charge in [0.05, 0.1) is 18.8 Å². The van der Waals surface area contributed by atoms with Gasteiger partial charge in [0.1, 0.15) is 0 Å². The topological polar surface area (TPSA) is 69.6 Å². The van der Waals surface area contributed by atoms with Crippen molar-refractivity contribution in [2.45, 2.75) is 276 Å². The number of unbranched alkanes of at least 4 members (excludes halogenated alkanes) is 31. The predicted octanol–water partition coefficient (Wildman–Crippen LogP) is 17.4. The van der Waals surface area contributed by atoms with Gasteiger partial charge in [-0.3, -0.25) is 4.79 Å². The first kappa shape index (κ1) is 58.8. The largest absolute Gasteiger partial charge is 0.394 e. The van der Waals surface area contributed by atoms with Gasteiger partial charge in [0, 0.05) is 6.42 Å². The minimum atomic E-state index is -0.875. The summed E-state index contributed by atoms with van der Waals surface area (Å²) in [6, 6.07) is -0.650. The minimum absolute atomic E-state index is 0.0804. The predicted molar refractivity (Wildman–Crippen MR) is 271 cm³/mol. The Bertz CT molecular complexity index is 1050. The molecular weight excluding hydrogens is 747 g/mol. The van der Waals surface area contributed by atoms with E-state index >= 15 is 0 Å². The fraction of sp³-hybridized carbons (Fsp3) is 0.772. The van der Waals surface area contributed by atoms with E-state index in [1.165, 1.54) is 193 Å². The summed E-state index contributed by atoms with van der Waals surface area (Å²) < 4.78 is 0. The maximum absolute atomic E-state index is 12.5. The number of amides is 1. The van der Waals surface area contributed by atoms with Crippen molar-refractivity contribution in [1.82, 2.24) is 5.32 Å². The molecule has 0 bridgehead atoms. The molecule has 0 fully saturated rings. The number of allylic oxidation sites excluding steroid dienone is 11. The van der Waals surface area contributed by atoms with Gasteiger partial charge >= 0.3 is 0 Å². The number of aliphatic hydroxyl groups is 2. The van der Waals surface area contributed by atoms with Crippen LogP contribution < -0.4 is 5.32 Å². The average Bonchev–Trinajstić information content (AvgIpc) is 3.26. The average molecular weight is 850 g/mol. The van der Waals surface area contributed by atoms with E-state index in [1.807, 2.05) is 6.08 Å². The van der Waals surface area contributed by atoms with Crippen LogP contribution in [0.25, 0.3) is 0 Å². The minimum Gasteiger partial charge on any atom is -0.394 e. The zero-order chi connectivity index (χ0) is 44.2. The third kappa shape index (κ3) is 48.7. The number of hydrogen-bond acceptors (Lipinski definition) is 3. The Morgan fingerprint density at radius 1 is 0.393 bits per heavy atom. The molecule has 0 saturated carbocycles. The molecule has 0 aliphatic rings. The molecule has 0 aliphatic heterocycles. The van der Waals surface area contributed by atoms with Gasteiger partial charge in [0.25, 0.3) is 0 Å². The van der Waals surface area contributed by atoms with Crippen molar-refractivity contribution in [2.75, 3.05) is 6.61 Å². The highest BCUT2D eigenvalue weighted by molar-refractivity contribution is 5.76. The third-order valence-corrected chi connectivity index (χ3v) is 11.9. The Labute approximate surface area is 380 Å². The van der Waals surface area contributed by atoms with Crippen LogP contribution in [-0.2, 0) is 4.79 Å². The van der Waals surface area contributed by atoms with Gasteiger partial charge in [0.2, 0.25) is 5.91 Å². The second-order valence-corrected chi connectivity index (χ2v) is 17.9. The van der Waals surface area contributed by atoms with Gasteiger partial charge in [-0.05, 0) is 83.5 Å². The summed E-state index contributed by atoms with van der Waals surface area (Å²) in [6.07, 6.45) is 74.7. The molecule has 354 valence electrons. The first-order chi connectivity index (χ1) is 30.2. The van der Waals surface area contributed by atoms with Crippen molar-refractivity contribution >= 4 is 5.91 Å². The molecule has 0 saturated heterocycles. The number of nitrogens with one attached hydrogen (secondary N) is 1. The highest BCUT2D eigenvalue weighted by Crippen LogP contribution is 2.15. The number of hydrogen-bond donors (Lipinski definition) is 3. The molecule has 0 spiro atoms. The second kappa shape index (κ2) is 52.2. The van der Waals surface area contributed by atoms with Crippen molar-refractivity contribution in [3.8, 4) is 0 Å². The van der Waals surface area contributed by atoms with Gasteiger partial charge in [-0.25, -0.2) is 0 Å². The maximum atomic E-state index is 12.5. The van der Waals surface area contributed by atoms with E-state index in [0.29, 0.717) is 6.42 Å². The lowest BCUT2D eigenvalue weighted by Gasteiger charge is -2.19. The molecule has 61 heavy (non-hydrogen) atoms. The number of carbonyl (C=O) groups is 1. The quantitative estimate of drug-likeness (QED) is 0.0422. The molecule has 0 heterocycles. The fourth-order valence-corrected chi connectivity index (χ4v) is 7.81. The van der Waals surface area contributed by atoms with Crippen LogP contribution in [0.3, 0.4) is 0 Å². The lowest BCUT2D eigenvalue weighted by molar-refractivity contribution is -0.123. The van der Waals surface area contributed by atoms with Crippen molar-refractivity contribution in [3.05, 3.63) is 72.9 Å². The molecule has 0 aliphatic carbocycles. The van der Waals surface area contributed by atoms with Crippen LogP contribution in [-0.4, -0.2) is 34.9 Å². The molecule has 0 aromatic rings. The highest BCUT2D eigenvalue weighted by atomic mass is 16.3. The van der Waals surface area contributed by atoms with Crippen LogP contribution in [0.5, 0.6) is 0 Å². The van der Waals surface area contributed by atoms with Gasteiger partial charge in [-0.1, -0.05) is 247 Å². The van der Waals surface area contributed by atoms with Gasteiger partial charge in [-0.15, -0.1) is 0 Å². The molecule has 4 nitrogen and oxygen atoms in total. The zero-order valence-electron chi connectivity index (χ0n) is 40.7.